The number of furan rings is 1. The van der Waals surface area contributed by atoms with Crippen LogP contribution in [0.5, 0.6) is 0 Å². The predicted octanol–water partition coefficient (Wildman–Crippen LogP) is 1.75. The zero-order valence-corrected chi connectivity index (χ0v) is 9.89. The Morgan fingerprint density at radius 1 is 1.47 bits per heavy atom. The molecule has 90 valence electrons. The summed E-state index contributed by atoms with van der Waals surface area (Å²) in [5, 5.41) is 17.8. The monoisotopic (exact) mass is 253 g/mol. The molecule has 3 rings (SSSR count). The summed E-state index contributed by atoms with van der Waals surface area (Å²) in [7, 11) is 0. The molecule has 1 aliphatic heterocycles. The van der Waals surface area contributed by atoms with Crippen LogP contribution in [0.15, 0.2) is 16.5 Å². The molecule has 1 N–H and O–H groups in total. The van der Waals surface area contributed by atoms with Gasteiger partial charge >= 0.3 is 0 Å². The van der Waals surface area contributed by atoms with E-state index in [0.717, 1.165) is 25.2 Å². The highest BCUT2D eigenvalue weighted by Crippen LogP contribution is 2.27. The topological polar surface area (TPSA) is 64.1 Å². The largest absolute Gasteiger partial charge is 0.441 e. The average Bonchev–Trinajstić information content (AvgIpc) is 2.93. The number of hydrogen-bond donors (Lipinski definition) is 1. The first-order valence-corrected chi connectivity index (χ1v) is 5.94. The van der Waals surface area contributed by atoms with Crippen molar-refractivity contribution in [2.45, 2.75) is 19.4 Å². The van der Waals surface area contributed by atoms with Crippen molar-refractivity contribution in [1.29, 1.82) is 0 Å². The maximum atomic E-state index is 9.22. The van der Waals surface area contributed by atoms with Crippen molar-refractivity contribution in [3.05, 3.63) is 23.2 Å². The molecule has 5 nitrogen and oxygen atoms in total. The summed E-state index contributed by atoms with van der Waals surface area (Å²) in [5.74, 6) is 2.51. The van der Waals surface area contributed by atoms with Crippen molar-refractivity contribution >= 4 is 11.6 Å². The number of aryl methyl sites for hydroxylation is 1. The van der Waals surface area contributed by atoms with Gasteiger partial charge in [0.15, 0.2) is 16.8 Å². The highest BCUT2D eigenvalue weighted by molar-refractivity contribution is 6.28. The van der Waals surface area contributed by atoms with Gasteiger partial charge in [-0.15, -0.1) is 10.2 Å². The molecule has 3 heterocycles. The Hall–Kier alpha value is -1.33. The molecule has 0 fully saturated rings. The van der Waals surface area contributed by atoms with Crippen molar-refractivity contribution in [2.75, 3.05) is 6.61 Å². The number of aliphatic hydroxyl groups is 1. The second kappa shape index (κ2) is 4.16. The Kier molecular flexibility index (Phi) is 2.64. The van der Waals surface area contributed by atoms with Crippen LogP contribution in [0.25, 0.3) is 11.6 Å². The number of aromatic nitrogens is 3. The Morgan fingerprint density at radius 3 is 3.06 bits per heavy atom. The second-order valence-electron chi connectivity index (χ2n) is 4.24. The van der Waals surface area contributed by atoms with Crippen LogP contribution < -0.4 is 0 Å². The summed E-state index contributed by atoms with van der Waals surface area (Å²) in [6.07, 6.45) is 1.79. The summed E-state index contributed by atoms with van der Waals surface area (Å²) >= 11 is 5.75. The fourth-order valence-corrected chi connectivity index (χ4v) is 2.31. The zero-order valence-electron chi connectivity index (χ0n) is 9.14. The number of halogens is 1. The number of hydrogen-bond acceptors (Lipinski definition) is 4. The molecular formula is C11H12ClN3O2. The lowest BCUT2D eigenvalue weighted by Crippen LogP contribution is -2.23. The molecular weight excluding hydrogens is 242 g/mol. The minimum absolute atomic E-state index is 0.190. The summed E-state index contributed by atoms with van der Waals surface area (Å²) in [6.45, 7) is 0.919. The van der Waals surface area contributed by atoms with Gasteiger partial charge in [0, 0.05) is 25.5 Å². The average molecular weight is 254 g/mol. The van der Waals surface area contributed by atoms with Gasteiger partial charge in [-0.3, -0.25) is 0 Å². The molecule has 0 spiro atoms. The molecule has 0 bridgehead atoms. The Labute approximate surface area is 103 Å². The van der Waals surface area contributed by atoms with E-state index >= 15 is 0 Å². The SMILES string of the molecule is OCC1CCc2nnc(-c3ccc(Cl)o3)n2C1. The van der Waals surface area contributed by atoms with Crippen molar-refractivity contribution in [3.63, 3.8) is 0 Å². The van der Waals surface area contributed by atoms with Crippen LogP contribution in [-0.2, 0) is 13.0 Å². The lowest BCUT2D eigenvalue weighted by atomic mass is 10.0. The Morgan fingerprint density at radius 2 is 2.35 bits per heavy atom. The van der Waals surface area contributed by atoms with E-state index in [1.807, 2.05) is 4.57 Å². The van der Waals surface area contributed by atoms with Crippen LogP contribution in [0, 0.1) is 5.92 Å². The highest BCUT2D eigenvalue weighted by Gasteiger charge is 2.24. The van der Waals surface area contributed by atoms with Crippen molar-refractivity contribution in [2.24, 2.45) is 5.92 Å². The molecule has 6 heteroatoms. The van der Waals surface area contributed by atoms with E-state index in [1.165, 1.54) is 0 Å². The quantitative estimate of drug-likeness (QED) is 0.886. The molecule has 1 atom stereocenters. The van der Waals surface area contributed by atoms with Crippen LogP contribution in [0.2, 0.25) is 5.22 Å². The van der Waals surface area contributed by atoms with Gasteiger partial charge in [0.2, 0.25) is 0 Å². The molecule has 0 radical (unpaired) electrons. The molecule has 0 aromatic carbocycles. The van der Waals surface area contributed by atoms with Crippen LogP contribution in [0.1, 0.15) is 12.2 Å². The molecule has 0 saturated carbocycles. The Bertz CT molecular complexity index is 535. The summed E-state index contributed by atoms with van der Waals surface area (Å²) < 4.78 is 7.34. The third kappa shape index (κ3) is 1.85. The first-order valence-electron chi connectivity index (χ1n) is 5.56. The second-order valence-corrected chi connectivity index (χ2v) is 4.61. The molecule has 0 aliphatic carbocycles. The highest BCUT2D eigenvalue weighted by atomic mass is 35.5. The zero-order chi connectivity index (χ0) is 11.8. The summed E-state index contributed by atoms with van der Waals surface area (Å²) in [6, 6.07) is 3.47. The van der Waals surface area contributed by atoms with E-state index in [9.17, 15) is 5.11 Å². The van der Waals surface area contributed by atoms with E-state index in [-0.39, 0.29) is 12.5 Å². The van der Waals surface area contributed by atoms with Gasteiger partial charge in [-0.1, -0.05) is 0 Å². The predicted molar refractivity (Wildman–Crippen MR) is 61.6 cm³/mol. The van der Waals surface area contributed by atoms with Gasteiger partial charge in [-0.25, -0.2) is 0 Å². The van der Waals surface area contributed by atoms with Crippen molar-refractivity contribution < 1.29 is 9.52 Å². The van der Waals surface area contributed by atoms with E-state index in [4.69, 9.17) is 16.0 Å². The molecule has 17 heavy (non-hydrogen) atoms. The van der Waals surface area contributed by atoms with Crippen LogP contribution in [-0.4, -0.2) is 26.5 Å². The lowest BCUT2D eigenvalue weighted by Gasteiger charge is -2.21. The van der Waals surface area contributed by atoms with E-state index in [2.05, 4.69) is 10.2 Å². The van der Waals surface area contributed by atoms with Crippen LogP contribution >= 0.6 is 11.6 Å². The number of aliphatic hydroxyl groups excluding tert-OH is 1. The molecule has 0 amide bonds. The summed E-state index contributed by atoms with van der Waals surface area (Å²) in [4.78, 5) is 0. The van der Waals surface area contributed by atoms with Gasteiger partial charge in [-0.05, 0) is 30.2 Å². The third-order valence-corrected chi connectivity index (χ3v) is 3.30. The van der Waals surface area contributed by atoms with Gasteiger partial charge in [0.05, 0.1) is 0 Å². The van der Waals surface area contributed by atoms with Crippen molar-refractivity contribution in [3.8, 4) is 11.6 Å². The fraction of sp³-hybridized carbons (Fsp3) is 0.455. The number of nitrogens with zero attached hydrogens (tertiary/aromatic N) is 3. The first kappa shape index (κ1) is 10.8. The molecule has 0 saturated heterocycles. The molecule has 2 aromatic heterocycles. The minimum Gasteiger partial charge on any atom is -0.441 e. The van der Waals surface area contributed by atoms with Crippen molar-refractivity contribution in [1.82, 2.24) is 14.8 Å². The lowest BCUT2D eigenvalue weighted by molar-refractivity contribution is 0.191. The Balaban J connectivity index is 2.00. The first-order chi connectivity index (χ1) is 8.28. The number of rotatable bonds is 2. The normalized spacial score (nSPS) is 19.3. The van der Waals surface area contributed by atoms with Gasteiger partial charge in [0.25, 0.3) is 0 Å². The van der Waals surface area contributed by atoms with Crippen LogP contribution in [0.4, 0.5) is 0 Å². The van der Waals surface area contributed by atoms with Crippen LogP contribution in [0.3, 0.4) is 0 Å². The van der Waals surface area contributed by atoms with Gasteiger partial charge in [-0.2, -0.15) is 0 Å². The van der Waals surface area contributed by atoms with Gasteiger partial charge < -0.3 is 14.1 Å². The minimum atomic E-state index is 0.190. The smallest absolute Gasteiger partial charge is 0.199 e. The van der Waals surface area contributed by atoms with E-state index in [1.54, 1.807) is 12.1 Å². The standard InChI is InChI=1S/C11H12ClN3O2/c12-9-3-2-8(17-9)11-14-13-10-4-1-7(6-16)5-15(10)11/h2-3,7,16H,1,4-6H2. The van der Waals surface area contributed by atoms with E-state index < -0.39 is 0 Å². The molecule has 1 unspecified atom stereocenters. The van der Waals surface area contributed by atoms with Gasteiger partial charge in [0.1, 0.15) is 5.82 Å². The maximum absolute atomic E-state index is 9.22. The maximum Gasteiger partial charge on any atom is 0.199 e. The summed E-state index contributed by atoms with van der Waals surface area (Å²) in [5.41, 5.74) is 0. The molecule has 2 aromatic rings. The fourth-order valence-electron chi connectivity index (χ4n) is 2.16. The third-order valence-electron chi connectivity index (χ3n) is 3.10. The molecule has 1 aliphatic rings. The van der Waals surface area contributed by atoms with E-state index in [0.29, 0.717) is 16.8 Å². The number of fused-ring (bicyclic) bond motifs is 1.